The van der Waals surface area contributed by atoms with Crippen LogP contribution in [0.3, 0.4) is 0 Å². The SMILES string of the molecule is CC1=C2[C@@H](C)C[C@@H]3[C@H](CC[C@@]4(C)[C@H]3CC[C@]4(C)O)[C@@]2(C=O)CCC1=O. The van der Waals surface area contributed by atoms with Crippen LogP contribution < -0.4 is 0 Å². The molecule has 25 heavy (non-hydrogen) atoms. The lowest BCUT2D eigenvalue weighted by Crippen LogP contribution is -2.56. The monoisotopic (exact) mass is 344 g/mol. The molecular formula is C22H32O3. The molecule has 0 heterocycles. The first kappa shape index (κ1) is 17.5. The summed E-state index contributed by atoms with van der Waals surface area (Å²) in [6.45, 7) is 8.45. The summed E-state index contributed by atoms with van der Waals surface area (Å²) < 4.78 is 0. The van der Waals surface area contributed by atoms with E-state index in [0.29, 0.717) is 36.5 Å². The molecule has 4 rings (SSSR count). The molecule has 0 radical (unpaired) electrons. The summed E-state index contributed by atoms with van der Waals surface area (Å²) in [5.74, 6) is 1.88. The fourth-order valence-corrected chi connectivity index (χ4v) is 7.59. The van der Waals surface area contributed by atoms with Crippen molar-refractivity contribution in [2.45, 2.75) is 78.2 Å². The Morgan fingerprint density at radius 3 is 2.48 bits per heavy atom. The summed E-state index contributed by atoms with van der Waals surface area (Å²) in [5, 5.41) is 11.0. The van der Waals surface area contributed by atoms with Crippen molar-refractivity contribution in [3.8, 4) is 0 Å². The molecule has 138 valence electrons. The van der Waals surface area contributed by atoms with Crippen molar-refractivity contribution in [2.24, 2.45) is 34.5 Å². The Labute approximate surface area is 151 Å². The number of ketones is 1. The van der Waals surface area contributed by atoms with Gasteiger partial charge in [-0.2, -0.15) is 0 Å². The van der Waals surface area contributed by atoms with E-state index in [0.717, 1.165) is 43.3 Å². The van der Waals surface area contributed by atoms with Gasteiger partial charge in [0.05, 0.1) is 11.0 Å². The first-order valence-corrected chi connectivity index (χ1v) is 10.1. The van der Waals surface area contributed by atoms with Crippen molar-refractivity contribution in [1.29, 1.82) is 0 Å². The van der Waals surface area contributed by atoms with Crippen molar-refractivity contribution in [1.82, 2.24) is 0 Å². The number of allylic oxidation sites excluding steroid dienone is 1. The number of fused-ring (bicyclic) bond motifs is 5. The average Bonchev–Trinajstić information content (AvgIpc) is 2.81. The molecule has 0 bridgehead atoms. The Kier molecular flexibility index (Phi) is 3.69. The number of Topliss-reactive ketones (excluding diaryl/α,β-unsaturated/α-hetero) is 1. The predicted octanol–water partition coefficient (Wildman–Crippen LogP) is 4.08. The zero-order chi connectivity index (χ0) is 18.2. The van der Waals surface area contributed by atoms with Gasteiger partial charge >= 0.3 is 0 Å². The highest BCUT2D eigenvalue weighted by Gasteiger charge is 2.64. The Morgan fingerprint density at radius 2 is 1.80 bits per heavy atom. The molecule has 3 fully saturated rings. The third-order valence-corrected chi connectivity index (χ3v) is 9.08. The van der Waals surface area contributed by atoms with E-state index in [1.807, 2.05) is 13.8 Å². The van der Waals surface area contributed by atoms with Gasteiger partial charge in [0.1, 0.15) is 6.29 Å². The van der Waals surface area contributed by atoms with Crippen LogP contribution in [0, 0.1) is 34.5 Å². The second-order valence-corrected chi connectivity index (χ2v) is 9.90. The Bertz CT molecular complexity index is 660. The van der Waals surface area contributed by atoms with Crippen LogP contribution in [0.4, 0.5) is 0 Å². The standard InChI is InChI=1S/C22H32O3/c1-13-11-15-16-6-9-21(4,25)20(16,3)8-5-17(15)22(12-23)10-7-18(24)14(2)19(13)22/h12-13,15-17,25H,5-11H2,1-4H3/t13-,15-,16-,17-,20-,21-,22-/m0/s1. The van der Waals surface area contributed by atoms with E-state index >= 15 is 0 Å². The van der Waals surface area contributed by atoms with E-state index in [2.05, 4.69) is 13.8 Å². The fraction of sp³-hybridized carbons (Fsp3) is 0.818. The highest BCUT2D eigenvalue weighted by molar-refractivity contribution is 5.98. The minimum absolute atomic E-state index is 0.0291. The highest BCUT2D eigenvalue weighted by Crippen LogP contribution is 2.68. The molecule has 0 amide bonds. The largest absolute Gasteiger partial charge is 0.390 e. The van der Waals surface area contributed by atoms with Gasteiger partial charge in [-0.25, -0.2) is 0 Å². The molecule has 3 saturated carbocycles. The lowest BCUT2D eigenvalue weighted by Gasteiger charge is -2.59. The van der Waals surface area contributed by atoms with E-state index in [1.54, 1.807) is 0 Å². The van der Waals surface area contributed by atoms with Crippen LogP contribution in [0.1, 0.15) is 72.6 Å². The van der Waals surface area contributed by atoms with Gasteiger partial charge in [-0.3, -0.25) is 4.79 Å². The zero-order valence-electron chi connectivity index (χ0n) is 16.1. The molecule has 0 saturated heterocycles. The van der Waals surface area contributed by atoms with Crippen LogP contribution in [0.5, 0.6) is 0 Å². The van der Waals surface area contributed by atoms with E-state index in [4.69, 9.17) is 0 Å². The van der Waals surface area contributed by atoms with Crippen molar-refractivity contribution >= 4 is 12.1 Å². The number of aldehydes is 1. The Morgan fingerprint density at radius 1 is 1.12 bits per heavy atom. The molecule has 1 N–H and O–H groups in total. The summed E-state index contributed by atoms with van der Waals surface area (Å²) in [7, 11) is 0. The van der Waals surface area contributed by atoms with Crippen LogP contribution in [-0.2, 0) is 9.59 Å². The van der Waals surface area contributed by atoms with Crippen molar-refractivity contribution in [3.63, 3.8) is 0 Å². The zero-order valence-corrected chi connectivity index (χ0v) is 16.1. The lowest BCUT2D eigenvalue weighted by molar-refractivity contribution is -0.140. The van der Waals surface area contributed by atoms with Gasteiger partial charge in [-0.15, -0.1) is 0 Å². The molecule has 4 aliphatic rings. The van der Waals surface area contributed by atoms with E-state index in [9.17, 15) is 14.7 Å². The fourth-order valence-electron chi connectivity index (χ4n) is 7.59. The van der Waals surface area contributed by atoms with E-state index < -0.39 is 11.0 Å². The molecule has 4 aliphatic carbocycles. The van der Waals surface area contributed by atoms with Crippen LogP contribution in [0.25, 0.3) is 0 Å². The summed E-state index contributed by atoms with van der Waals surface area (Å²) in [6.07, 6.45) is 7.44. The lowest BCUT2D eigenvalue weighted by atomic mass is 9.44. The molecule has 0 aromatic heterocycles. The second-order valence-electron chi connectivity index (χ2n) is 9.90. The number of hydrogen-bond donors (Lipinski definition) is 1. The summed E-state index contributed by atoms with van der Waals surface area (Å²) in [6, 6.07) is 0. The molecule has 0 spiro atoms. The van der Waals surface area contributed by atoms with Gasteiger partial charge in [-0.05, 0) is 92.6 Å². The molecule has 7 atom stereocenters. The van der Waals surface area contributed by atoms with Crippen LogP contribution >= 0.6 is 0 Å². The van der Waals surface area contributed by atoms with Gasteiger partial charge in [0.2, 0.25) is 0 Å². The smallest absolute Gasteiger partial charge is 0.158 e. The number of carbonyl (C=O) groups is 2. The summed E-state index contributed by atoms with van der Waals surface area (Å²) >= 11 is 0. The molecule has 0 aromatic rings. The molecule has 0 unspecified atom stereocenters. The number of aliphatic hydroxyl groups is 1. The molecule has 3 heteroatoms. The minimum Gasteiger partial charge on any atom is -0.390 e. The normalized spacial score (nSPS) is 52.4. The van der Waals surface area contributed by atoms with Gasteiger partial charge in [-0.1, -0.05) is 13.8 Å². The van der Waals surface area contributed by atoms with Gasteiger partial charge in [0, 0.05) is 6.42 Å². The first-order chi connectivity index (χ1) is 11.7. The highest BCUT2D eigenvalue weighted by atomic mass is 16.3. The molecule has 0 aliphatic heterocycles. The number of hydrogen-bond acceptors (Lipinski definition) is 3. The van der Waals surface area contributed by atoms with Gasteiger partial charge in [0.25, 0.3) is 0 Å². The van der Waals surface area contributed by atoms with Crippen molar-refractivity contribution in [2.75, 3.05) is 0 Å². The Hall–Kier alpha value is -0.960. The summed E-state index contributed by atoms with van der Waals surface area (Å²) in [5.41, 5.74) is 0.994. The maximum Gasteiger partial charge on any atom is 0.158 e. The van der Waals surface area contributed by atoms with Crippen molar-refractivity contribution in [3.05, 3.63) is 11.1 Å². The maximum absolute atomic E-state index is 12.5. The van der Waals surface area contributed by atoms with Crippen LogP contribution in [-0.4, -0.2) is 22.8 Å². The van der Waals surface area contributed by atoms with Crippen LogP contribution in [0.15, 0.2) is 11.1 Å². The van der Waals surface area contributed by atoms with E-state index in [1.165, 1.54) is 6.29 Å². The minimum atomic E-state index is -0.589. The third kappa shape index (κ3) is 2.02. The second kappa shape index (κ2) is 5.28. The quantitative estimate of drug-likeness (QED) is 0.729. The van der Waals surface area contributed by atoms with Crippen LogP contribution in [0.2, 0.25) is 0 Å². The molecular weight excluding hydrogens is 312 g/mol. The molecule has 3 nitrogen and oxygen atoms in total. The summed E-state index contributed by atoms with van der Waals surface area (Å²) in [4.78, 5) is 24.8. The Balaban J connectivity index is 1.81. The predicted molar refractivity (Wildman–Crippen MR) is 96.9 cm³/mol. The topological polar surface area (TPSA) is 54.4 Å². The first-order valence-electron chi connectivity index (χ1n) is 10.1. The maximum atomic E-state index is 12.5. The number of rotatable bonds is 1. The number of carbonyl (C=O) groups excluding carboxylic acids is 2. The molecule has 0 aromatic carbocycles. The van der Waals surface area contributed by atoms with Gasteiger partial charge in [0.15, 0.2) is 5.78 Å². The third-order valence-electron chi connectivity index (χ3n) is 9.08. The van der Waals surface area contributed by atoms with E-state index in [-0.39, 0.29) is 11.2 Å². The van der Waals surface area contributed by atoms with Gasteiger partial charge < -0.3 is 9.90 Å². The average molecular weight is 344 g/mol. The van der Waals surface area contributed by atoms with Crippen molar-refractivity contribution < 1.29 is 14.7 Å².